The summed E-state index contributed by atoms with van der Waals surface area (Å²) in [5, 5.41) is 2.46. The SMILES string of the molecule is CC(C)(C)c1cc2c3c(c1)N(c1ccccc1)c1cccc4c1B3c1cc3c(cc1N2c1ccccc1)N(c1ccccc1)c1cc(-n2c5ccccc5c5ccccc52)cc2c1B3c1c(cccc1N2c1ccccc1)O4. The van der Waals surface area contributed by atoms with E-state index in [1.807, 2.05) is 0 Å². The van der Waals surface area contributed by atoms with Gasteiger partial charge in [0.2, 0.25) is 0 Å². The number of hydrogen-bond acceptors (Lipinski definition) is 5. The zero-order valence-corrected chi connectivity index (χ0v) is 43.4. The number of para-hydroxylation sites is 6. The van der Waals surface area contributed by atoms with Gasteiger partial charge in [-0.05, 0) is 159 Å². The second-order valence-corrected chi connectivity index (χ2v) is 22.4. The van der Waals surface area contributed by atoms with Crippen LogP contribution < -0.4 is 57.1 Å². The van der Waals surface area contributed by atoms with Crippen molar-refractivity contribution >= 4 is 136 Å². The van der Waals surface area contributed by atoms with Crippen molar-refractivity contribution in [3.63, 3.8) is 0 Å². The Hall–Kier alpha value is -9.65. The average molecular weight is 998 g/mol. The zero-order valence-electron chi connectivity index (χ0n) is 43.4. The van der Waals surface area contributed by atoms with Crippen LogP contribution in [0.15, 0.2) is 243 Å². The van der Waals surface area contributed by atoms with E-state index < -0.39 is 0 Å². The molecule has 8 heteroatoms. The van der Waals surface area contributed by atoms with Gasteiger partial charge in [0.05, 0.1) is 16.7 Å². The first kappa shape index (κ1) is 43.6. The molecule has 17 rings (SSSR count). The molecule has 0 N–H and O–H groups in total. The highest BCUT2D eigenvalue weighted by molar-refractivity contribution is 7.03. The standard InChI is InChI=1S/C70H49B2N5O/c1-70(2,3)44-38-60-66-61(39-44)75(47-26-12-6-13-27-47)58-43-59-53-42-52(58)71(66)68-56(73(60)45-22-8-4-9-23-45)34-20-36-64(68)78-65-37-21-35-57-69(65)72(53)67-62(74(57)46-24-10-5-11-25-46)40-49(41-63(67)76(59)48-28-14-7-15-29-48)77-54-32-18-16-30-50(54)51-31-17-19-33-55(51)77/h4-43H,1-3H3. The van der Waals surface area contributed by atoms with Crippen molar-refractivity contribution < 1.29 is 4.74 Å². The molecule has 0 aliphatic carbocycles. The molecule has 5 aliphatic rings. The molecule has 0 saturated carbocycles. The Bertz CT molecular complexity index is 4440. The fourth-order valence-corrected chi connectivity index (χ4v) is 14.0. The Morgan fingerprint density at radius 1 is 0.308 bits per heavy atom. The summed E-state index contributed by atoms with van der Waals surface area (Å²) in [6.45, 7) is 6.63. The van der Waals surface area contributed by atoms with Gasteiger partial charge < -0.3 is 28.9 Å². The minimum absolute atomic E-state index is 0.163. The number of hydrogen-bond donors (Lipinski definition) is 0. The van der Waals surface area contributed by atoms with Crippen LogP contribution in [0.3, 0.4) is 0 Å². The minimum Gasteiger partial charge on any atom is -0.458 e. The summed E-state index contributed by atoms with van der Waals surface area (Å²) >= 11 is 0. The first-order chi connectivity index (χ1) is 38.4. The van der Waals surface area contributed by atoms with E-state index in [2.05, 4.69) is 288 Å². The van der Waals surface area contributed by atoms with Crippen molar-refractivity contribution in [1.82, 2.24) is 4.57 Å². The van der Waals surface area contributed by atoms with Crippen LogP contribution in [-0.4, -0.2) is 18.0 Å². The highest BCUT2D eigenvalue weighted by atomic mass is 16.5. The lowest BCUT2D eigenvalue weighted by atomic mass is 9.29. The van der Waals surface area contributed by atoms with E-state index in [-0.39, 0.29) is 18.8 Å². The molecule has 6 nitrogen and oxygen atoms in total. The summed E-state index contributed by atoms with van der Waals surface area (Å²) in [6, 6.07) is 90.1. The van der Waals surface area contributed by atoms with Crippen molar-refractivity contribution in [1.29, 1.82) is 0 Å². The molecule has 366 valence electrons. The number of fused-ring (bicyclic) bond motifs is 3. The van der Waals surface area contributed by atoms with Gasteiger partial charge in [-0.2, -0.15) is 0 Å². The fourth-order valence-electron chi connectivity index (χ4n) is 14.0. The molecule has 1 aromatic heterocycles. The third kappa shape index (κ3) is 5.94. The van der Waals surface area contributed by atoms with Gasteiger partial charge >= 0.3 is 0 Å². The van der Waals surface area contributed by atoms with Crippen molar-refractivity contribution in [3.8, 4) is 17.2 Å². The highest BCUT2D eigenvalue weighted by Crippen LogP contribution is 2.52. The van der Waals surface area contributed by atoms with Crippen molar-refractivity contribution in [2.24, 2.45) is 0 Å². The highest BCUT2D eigenvalue weighted by Gasteiger charge is 2.51. The Morgan fingerprint density at radius 2 is 0.679 bits per heavy atom. The van der Waals surface area contributed by atoms with E-state index in [4.69, 9.17) is 4.74 Å². The molecule has 2 bridgehead atoms. The summed E-state index contributed by atoms with van der Waals surface area (Å²) in [4.78, 5) is 10.1. The Labute approximate surface area is 454 Å². The molecule has 0 fully saturated rings. The Morgan fingerprint density at radius 3 is 1.09 bits per heavy atom. The summed E-state index contributed by atoms with van der Waals surface area (Å²) in [6.07, 6.45) is 0. The minimum atomic E-state index is -0.211. The van der Waals surface area contributed by atoms with Crippen LogP contribution in [0.1, 0.15) is 26.3 Å². The predicted molar refractivity (Wildman–Crippen MR) is 328 cm³/mol. The zero-order chi connectivity index (χ0) is 51.5. The van der Waals surface area contributed by atoms with Gasteiger partial charge in [0.25, 0.3) is 13.4 Å². The van der Waals surface area contributed by atoms with Crippen LogP contribution >= 0.6 is 0 Å². The Balaban J connectivity index is 1.05. The third-order valence-electron chi connectivity index (χ3n) is 17.2. The van der Waals surface area contributed by atoms with Crippen LogP contribution in [0.25, 0.3) is 27.5 Å². The molecule has 0 unspecified atom stereocenters. The monoisotopic (exact) mass is 997 g/mol. The molecule has 5 aliphatic heterocycles. The molecule has 0 saturated heterocycles. The number of aromatic nitrogens is 1. The molecule has 0 atom stereocenters. The number of nitrogens with zero attached hydrogens (tertiary/aromatic N) is 5. The van der Waals surface area contributed by atoms with Gasteiger partial charge in [-0.15, -0.1) is 0 Å². The van der Waals surface area contributed by atoms with E-state index in [0.29, 0.717) is 0 Å². The number of rotatable bonds is 5. The number of anilines is 12. The van der Waals surface area contributed by atoms with Crippen LogP contribution in [-0.2, 0) is 5.41 Å². The lowest BCUT2D eigenvalue weighted by Crippen LogP contribution is -2.66. The van der Waals surface area contributed by atoms with Crippen LogP contribution in [0.4, 0.5) is 68.2 Å². The van der Waals surface area contributed by atoms with E-state index in [1.54, 1.807) is 0 Å². The molecule has 12 aromatic rings. The van der Waals surface area contributed by atoms with E-state index in [1.165, 1.54) is 60.6 Å². The van der Waals surface area contributed by atoms with Crippen molar-refractivity contribution in [2.45, 2.75) is 26.2 Å². The summed E-state index contributed by atoms with van der Waals surface area (Å²) in [7, 11) is 0. The Kier molecular flexibility index (Phi) is 8.91. The molecule has 0 amide bonds. The van der Waals surface area contributed by atoms with Gasteiger partial charge in [-0.1, -0.05) is 148 Å². The van der Waals surface area contributed by atoms with Crippen LogP contribution in [0, 0.1) is 0 Å². The van der Waals surface area contributed by atoms with Gasteiger partial charge in [0, 0.05) is 79.0 Å². The molecule has 0 spiro atoms. The summed E-state index contributed by atoms with van der Waals surface area (Å²) in [5.41, 5.74) is 25.4. The fraction of sp³-hybridized carbons (Fsp3) is 0.0571. The van der Waals surface area contributed by atoms with Gasteiger partial charge in [0.1, 0.15) is 11.5 Å². The second kappa shape index (κ2) is 15.9. The van der Waals surface area contributed by atoms with Gasteiger partial charge in [-0.25, -0.2) is 0 Å². The topological polar surface area (TPSA) is 27.1 Å². The molecule has 11 aromatic carbocycles. The maximum atomic E-state index is 7.81. The van der Waals surface area contributed by atoms with Gasteiger partial charge in [-0.3, -0.25) is 0 Å². The van der Waals surface area contributed by atoms with E-state index >= 15 is 0 Å². The first-order valence-corrected chi connectivity index (χ1v) is 27.2. The first-order valence-electron chi connectivity index (χ1n) is 27.2. The molecular formula is C70H49B2N5O. The normalized spacial score (nSPS) is 14.0. The molecule has 0 radical (unpaired) electrons. The maximum absolute atomic E-state index is 7.81. The lowest BCUT2D eigenvalue weighted by molar-refractivity contribution is 0.490. The lowest BCUT2D eigenvalue weighted by Gasteiger charge is -2.48. The van der Waals surface area contributed by atoms with Gasteiger partial charge in [0.15, 0.2) is 0 Å². The average Bonchev–Trinajstić information content (AvgIpc) is 3.27. The summed E-state index contributed by atoms with van der Waals surface area (Å²) in [5.74, 6) is 1.71. The van der Waals surface area contributed by atoms with Crippen molar-refractivity contribution in [2.75, 3.05) is 19.6 Å². The van der Waals surface area contributed by atoms with Crippen LogP contribution in [0.5, 0.6) is 11.5 Å². The second-order valence-electron chi connectivity index (χ2n) is 22.4. The molecular weight excluding hydrogens is 948 g/mol. The smallest absolute Gasteiger partial charge is 0.256 e. The number of ether oxygens (including phenoxy) is 1. The maximum Gasteiger partial charge on any atom is 0.256 e. The predicted octanol–water partition coefficient (Wildman–Crippen LogP) is 14.4. The number of benzene rings is 11. The van der Waals surface area contributed by atoms with Crippen molar-refractivity contribution in [3.05, 3.63) is 248 Å². The van der Waals surface area contributed by atoms with E-state index in [9.17, 15) is 0 Å². The largest absolute Gasteiger partial charge is 0.458 e. The molecule has 6 heterocycles. The third-order valence-corrected chi connectivity index (χ3v) is 17.2. The van der Waals surface area contributed by atoms with Crippen LogP contribution in [0.2, 0.25) is 0 Å². The molecule has 78 heavy (non-hydrogen) atoms. The summed E-state index contributed by atoms with van der Waals surface area (Å²) < 4.78 is 10.3. The van der Waals surface area contributed by atoms with E-state index in [0.717, 1.165) is 85.0 Å². The quantitative estimate of drug-likeness (QED) is 0.160.